The number of ether oxygens (including phenoxy) is 1. The summed E-state index contributed by atoms with van der Waals surface area (Å²) in [5, 5.41) is 2.92. The normalized spacial score (nSPS) is 19.9. The van der Waals surface area contributed by atoms with E-state index < -0.39 is 11.6 Å². The number of hydrogen-bond donors (Lipinski definition) is 1. The number of anilines is 1. The van der Waals surface area contributed by atoms with Gasteiger partial charge in [-0.15, -0.1) is 6.58 Å². The number of amides is 3. The molecule has 7 nitrogen and oxygen atoms in total. The van der Waals surface area contributed by atoms with Crippen molar-refractivity contribution in [3.63, 3.8) is 0 Å². The topological polar surface area (TPSA) is 79.0 Å². The molecule has 2 aromatic carbocycles. The molecule has 1 atom stereocenters. The molecule has 0 spiro atoms. The first-order valence-electron chi connectivity index (χ1n) is 9.79. The Bertz CT molecular complexity index is 1030. The van der Waals surface area contributed by atoms with Crippen molar-refractivity contribution in [3.8, 4) is 5.75 Å². The number of carbonyl (C=O) groups excluding carboxylic acids is 3. The second-order valence-corrected chi connectivity index (χ2v) is 7.26. The second kappa shape index (κ2) is 7.67. The minimum atomic E-state index is -1.42. The highest BCUT2D eigenvalue weighted by atomic mass is 16.5. The summed E-state index contributed by atoms with van der Waals surface area (Å²) in [5.41, 5.74) is 0.262. The van der Waals surface area contributed by atoms with E-state index in [9.17, 15) is 14.4 Å². The molecule has 0 saturated carbocycles. The van der Waals surface area contributed by atoms with E-state index in [2.05, 4.69) is 11.9 Å². The summed E-state index contributed by atoms with van der Waals surface area (Å²) < 4.78 is 5.35. The number of benzene rings is 2. The Morgan fingerprint density at radius 3 is 2.70 bits per heavy atom. The van der Waals surface area contributed by atoms with Gasteiger partial charge in [0.2, 0.25) is 11.6 Å². The maximum atomic E-state index is 13.6. The van der Waals surface area contributed by atoms with Gasteiger partial charge in [-0.3, -0.25) is 19.3 Å². The SMILES string of the molecule is C=CCN1C(=O)c2ccccc2N2C(=O)CC[C@]12C(=O)NCc1ccccc1OC. The summed E-state index contributed by atoms with van der Waals surface area (Å²) in [6, 6.07) is 14.3. The first-order chi connectivity index (χ1) is 14.5. The van der Waals surface area contributed by atoms with Crippen LogP contribution >= 0.6 is 0 Å². The molecule has 0 bridgehead atoms. The van der Waals surface area contributed by atoms with E-state index in [1.165, 1.54) is 9.80 Å². The standard InChI is InChI=1S/C23H23N3O4/c1-3-14-25-21(28)17-9-5-6-10-18(17)26-20(27)12-13-23(25,26)22(29)24-15-16-8-4-7-11-19(16)30-2/h3-11H,1,12-15H2,2H3,(H,24,29)/t23-/m0/s1. The second-order valence-electron chi connectivity index (χ2n) is 7.26. The van der Waals surface area contributed by atoms with Crippen LogP contribution in [-0.2, 0) is 16.1 Å². The molecule has 1 N–H and O–H groups in total. The van der Waals surface area contributed by atoms with Crippen LogP contribution in [0.15, 0.2) is 61.2 Å². The van der Waals surface area contributed by atoms with Crippen molar-refractivity contribution in [3.05, 3.63) is 72.3 Å². The van der Waals surface area contributed by atoms with Crippen molar-refractivity contribution < 1.29 is 19.1 Å². The Labute approximate surface area is 174 Å². The zero-order valence-corrected chi connectivity index (χ0v) is 16.8. The first kappa shape index (κ1) is 19.7. The van der Waals surface area contributed by atoms with Crippen LogP contribution in [-0.4, -0.2) is 41.9 Å². The molecule has 2 heterocycles. The fraction of sp³-hybridized carbons (Fsp3) is 0.261. The molecule has 2 aliphatic heterocycles. The van der Waals surface area contributed by atoms with E-state index in [1.54, 1.807) is 37.5 Å². The van der Waals surface area contributed by atoms with Crippen LogP contribution in [0.25, 0.3) is 0 Å². The highest BCUT2D eigenvalue weighted by molar-refractivity contribution is 6.16. The molecule has 0 radical (unpaired) electrons. The van der Waals surface area contributed by atoms with Crippen LogP contribution in [0.2, 0.25) is 0 Å². The lowest BCUT2D eigenvalue weighted by molar-refractivity contribution is -0.133. The van der Waals surface area contributed by atoms with E-state index in [4.69, 9.17) is 4.74 Å². The molecule has 7 heteroatoms. The highest BCUT2D eigenvalue weighted by Gasteiger charge is 2.60. The Morgan fingerprint density at radius 2 is 1.93 bits per heavy atom. The molecule has 0 aromatic heterocycles. The minimum absolute atomic E-state index is 0.152. The molecule has 3 amide bonds. The molecule has 2 aromatic rings. The lowest BCUT2D eigenvalue weighted by Gasteiger charge is -2.48. The lowest BCUT2D eigenvalue weighted by Crippen LogP contribution is -2.70. The largest absolute Gasteiger partial charge is 0.496 e. The van der Waals surface area contributed by atoms with Crippen LogP contribution in [0.5, 0.6) is 5.75 Å². The maximum Gasteiger partial charge on any atom is 0.267 e. The van der Waals surface area contributed by atoms with E-state index >= 15 is 0 Å². The van der Waals surface area contributed by atoms with Gasteiger partial charge in [-0.2, -0.15) is 0 Å². The van der Waals surface area contributed by atoms with Gasteiger partial charge in [-0.25, -0.2) is 0 Å². The first-order valence-corrected chi connectivity index (χ1v) is 9.79. The molecule has 0 aliphatic carbocycles. The quantitative estimate of drug-likeness (QED) is 0.749. The van der Waals surface area contributed by atoms with Crippen LogP contribution < -0.4 is 15.0 Å². The monoisotopic (exact) mass is 405 g/mol. The number of rotatable bonds is 6. The van der Waals surface area contributed by atoms with E-state index in [1.807, 2.05) is 24.3 Å². The fourth-order valence-electron chi connectivity index (χ4n) is 4.33. The number of carbonyl (C=O) groups is 3. The Morgan fingerprint density at radius 1 is 1.20 bits per heavy atom. The van der Waals surface area contributed by atoms with E-state index in [-0.39, 0.29) is 37.7 Å². The Balaban J connectivity index is 1.74. The van der Waals surface area contributed by atoms with Crippen molar-refractivity contribution in [1.82, 2.24) is 10.2 Å². The van der Waals surface area contributed by atoms with Gasteiger partial charge >= 0.3 is 0 Å². The van der Waals surface area contributed by atoms with Crippen molar-refractivity contribution in [2.45, 2.75) is 25.0 Å². The van der Waals surface area contributed by atoms with Crippen LogP contribution in [0, 0.1) is 0 Å². The van der Waals surface area contributed by atoms with E-state index in [0.29, 0.717) is 17.0 Å². The summed E-state index contributed by atoms with van der Waals surface area (Å²) in [6.45, 7) is 4.10. The lowest BCUT2D eigenvalue weighted by atomic mass is 9.95. The highest BCUT2D eigenvalue weighted by Crippen LogP contribution is 2.44. The average Bonchev–Trinajstić information content (AvgIpc) is 3.13. The van der Waals surface area contributed by atoms with Crippen LogP contribution in [0.1, 0.15) is 28.8 Å². The number of nitrogens with zero attached hydrogens (tertiary/aromatic N) is 2. The van der Waals surface area contributed by atoms with Gasteiger partial charge in [0, 0.05) is 31.5 Å². The van der Waals surface area contributed by atoms with Gasteiger partial charge in [0.15, 0.2) is 0 Å². The summed E-state index contributed by atoms with van der Waals surface area (Å²) in [4.78, 5) is 42.7. The smallest absolute Gasteiger partial charge is 0.267 e. The fourth-order valence-corrected chi connectivity index (χ4v) is 4.33. The summed E-state index contributed by atoms with van der Waals surface area (Å²) >= 11 is 0. The van der Waals surface area contributed by atoms with Gasteiger partial charge in [0.25, 0.3) is 11.8 Å². The number of para-hydroxylation sites is 2. The number of hydrogen-bond acceptors (Lipinski definition) is 4. The number of fused-ring (bicyclic) bond motifs is 3. The average molecular weight is 405 g/mol. The molecule has 2 aliphatic rings. The third-order valence-electron chi connectivity index (χ3n) is 5.68. The summed E-state index contributed by atoms with van der Waals surface area (Å²) in [6.07, 6.45) is 1.97. The molecule has 1 saturated heterocycles. The molecule has 154 valence electrons. The third-order valence-corrected chi connectivity index (χ3v) is 5.68. The Hall–Kier alpha value is -3.61. The zero-order chi connectivity index (χ0) is 21.3. The predicted molar refractivity (Wildman–Crippen MR) is 112 cm³/mol. The minimum Gasteiger partial charge on any atom is -0.496 e. The third kappa shape index (κ3) is 2.85. The summed E-state index contributed by atoms with van der Waals surface area (Å²) in [7, 11) is 1.57. The molecule has 30 heavy (non-hydrogen) atoms. The van der Waals surface area contributed by atoms with Gasteiger partial charge in [-0.1, -0.05) is 36.4 Å². The molecule has 1 fully saturated rings. The van der Waals surface area contributed by atoms with Crippen molar-refractivity contribution in [1.29, 1.82) is 0 Å². The van der Waals surface area contributed by atoms with Crippen molar-refractivity contribution in [2.24, 2.45) is 0 Å². The van der Waals surface area contributed by atoms with E-state index in [0.717, 1.165) is 5.56 Å². The molecular weight excluding hydrogens is 382 g/mol. The maximum absolute atomic E-state index is 13.6. The van der Waals surface area contributed by atoms with Crippen molar-refractivity contribution in [2.75, 3.05) is 18.6 Å². The predicted octanol–water partition coefficient (Wildman–Crippen LogP) is 2.48. The molecule has 4 rings (SSSR count). The van der Waals surface area contributed by atoms with Crippen molar-refractivity contribution >= 4 is 23.4 Å². The molecular formula is C23H23N3O4. The van der Waals surface area contributed by atoms with Gasteiger partial charge in [-0.05, 0) is 18.2 Å². The van der Waals surface area contributed by atoms with Crippen LogP contribution in [0.3, 0.4) is 0 Å². The van der Waals surface area contributed by atoms with Gasteiger partial charge in [0.1, 0.15) is 5.75 Å². The van der Waals surface area contributed by atoms with Gasteiger partial charge < -0.3 is 15.0 Å². The summed E-state index contributed by atoms with van der Waals surface area (Å²) in [5.74, 6) is -0.216. The number of methoxy groups -OCH3 is 1. The molecule has 0 unspecified atom stereocenters. The van der Waals surface area contributed by atoms with Crippen LogP contribution in [0.4, 0.5) is 5.69 Å². The Kier molecular flexibility index (Phi) is 5.03. The van der Waals surface area contributed by atoms with Gasteiger partial charge in [0.05, 0.1) is 18.4 Å². The number of nitrogens with one attached hydrogen (secondary N) is 1. The zero-order valence-electron chi connectivity index (χ0n) is 16.8.